The number of unbranched alkanes of at least 4 members (excludes halogenated alkanes) is 1. The van der Waals surface area contributed by atoms with Crippen molar-refractivity contribution < 1.29 is 14.0 Å². The molecule has 2 heterocycles. The van der Waals surface area contributed by atoms with Crippen molar-refractivity contribution in [3.05, 3.63) is 40.8 Å². The summed E-state index contributed by atoms with van der Waals surface area (Å²) in [6.45, 7) is 4.91. The molecule has 0 saturated carbocycles. The third-order valence-electron chi connectivity index (χ3n) is 5.51. The van der Waals surface area contributed by atoms with Crippen LogP contribution in [-0.2, 0) is 9.59 Å². The number of carbonyl (C=O) groups excluding carboxylic acids is 2. The van der Waals surface area contributed by atoms with E-state index in [-0.39, 0.29) is 11.8 Å². The smallest absolute Gasteiger partial charge is 0.338 e. The number of nitrogens with one attached hydrogen (secondary N) is 1. The third kappa shape index (κ3) is 4.26. The lowest BCUT2D eigenvalue weighted by Crippen LogP contribution is -2.46. The molecule has 150 valence electrons. The fourth-order valence-electron chi connectivity index (χ4n) is 3.83. The molecule has 28 heavy (non-hydrogen) atoms. The van der Waals surface area contributed by atoms with Gasteiger partial charge in [0.05, 0.1) is 5.69 Å². The van der Waals surface area contributed by atoms with Gasteiger partial charge in [-0.25, -0.2) is 4.79 Å². The Labute approximate surface area is 164 Å². The zero-order valence-electron chi connectivity index (χ0n) is 16.6. The minimum atomic E-state index is -0.596. The van der Waals surface area contributed by atoms with E-state index in [1.54, 1.807) is 18.2 Å². The van der Waals surface area contributed by atoms with E-state index in [2.05, 4.69) is 19.2 Å². The maximum absolute atomic E-state index is 12.9. The Morgan fingerprint density at radius 1 is 1.29 bits per heavy atom. The van der Waals surface area contributed by atoms with Crippen LogP contribution < -0.4 is 15.8 Å². The van der Waals surface area contributed by atoms with Crippen molar-refractivity contribution in [3.63, 3.8) is 0 Å². The van der Waals surface area contributed by atoms with E-state index >= 15 is 0 Å². The van der Waals surface area contributed by atoms with Crippen molar-refractivity contribution >= 4 is 28.5 Å². The van der Waals surface area contributed by atoms with E-state index < -0.39 is 11.7 Å². The zero-order valence-corrected chi connectivity index (χ0v) is 16.6. The molecule has 1 saturated heterocycles. The van der Waals surface area contributed by atoms with Gasteiger partial charge in [-0.1, -0.05) is 45.2 Å². The fraction of sp³-hybridized carbons (Fsp3) is 0.500. The molecule has 0 bridgehead atoms. The topological polar surface area (TPSA) is 79.6 Å². The number of carbonyl (C=O) groups is 2. The molecule has 0 spiro atoms. The lowest BCUT2D eigenvalue weighted by molar-refractivity contribution is -0.124. The van der Waals surface area contributed by atoms with Crippen LogP contribution in [0.2, 0.25) is 0 Å². The molecule has 1 aliphatic rings. The predicted octanol–water partition coefficient (Wildman–Crippen LogP) is 3.62. The highest BCUT2D eigenvalue weighted by Crippen LogP contribution is 2.32. The van der Waals surface area contributed by atoms with Gasteiger partial charge in [-0.3, -0.25) is 14.5 Å². The van der Waals surface area contributed by atoms with E-state index in [0.717, 1.165) is 25.7 Å². The average Bonchev–Trinajstić information content (AvgIpc) is 3.08. The Bertz CT molecular complexity index is 905. The number of fused-ring (bicyclic) bond motifs is 1. The SMILES string of the molecule is CCCC[C@@H](CC)CNC(=O)[C@@H]1CCC(=O)N1c1cc(=O)oc2ccccc12. The van der Waals surface area contributed by atoms with Crippen LogP contribution in [-0.4, -0.2) is 24.4 Å². The summed E-state index contributed by atoms with van der Waals surface area (Å²) in [4.78, 5) is 38.9. The van der Waals surface area contributed by atoms with Gasteiger partial charge in [0, 0.05) is 24.4 Å². The van der Waals surface area contributed by atoms with Crippen LogP contribution in [0.15, 0.2) is 39.5 Å². The molecule has 1 aliphatic heterocycles. The molecule has 0 unspecified atom stereocenters. The molecule has 1 fully saturated rings. The Kier molecular flexibility index (Phi) is 6.49. The number of rotatable bonds is 8. The molecule has 0 radical (unpaired) electrons. The number of anilines is 1. The van der Waals surface area contributed by atoms with Gasteiger partial charge >= 0.3 is 5.63 Å². The van der Waals surface area contributed by atoms with Crippen molar-refractivity contribution in [3.8, 4) is 0 Å². The minimum absolute atomic E-state index is 0.145. The summed E-state index contributed by atoms with van der Waals surface area (Å²) in [5.74, 6) is 0.145. The Balaban J connectivity index is 1.82. The maximum Gasteiger partial charge on any atom is 0.338 e. The molecular formula is C22H28N2O4. The number of nitrogens with zero attached hydrogens (tertiary/aromatic N) is 1. The summed E-state index contributed by atoms with van der Waals surface area (Å²) in [5, 5.41) is 3.69. The van der Waals surface area contributed by atoms with Crippen LogP contribution in [0.4, 0.5) is 5.69 Å². The minimum Gasteiger partial charge on any atom is -0.423 e. The van der Waals surface area contributed by atoms with Crippen LogP contribution in [0.5, 0.6) is 0 Å². The van der Waals surface area contributed by atoms with E-state index in [4.69, 9.17) is 4.42 Å². The number of hydrogen-bond donors (Lipinski definition) is 1. The Morgan fingerprint density at radius 3 is 2.82 bits per heavy atom. The first kappa shape index (κ1) is 20.1. The second kappa shape index (κ2) is 9.04. The molecule has 2 aromatic rings. The standard InChI is InChI=1S/C22H28N2O4/c1-3-5-8-15(4-2)14-23-22(27)17-11-12-20(25)24(17)18-13-21(26)28-19-10-7-6-9-16(18)19/h6-7,9-10,13,15,17H,3-5,8,11-12,14H2,1-2H3,(H,23,27)/t15-,17+/m1/s1. The molecule has 3 rings (SSSR count). The zero-order chi connectivity index (χ0) is 20.1. The van der Waals surface area contributed by atoms with Gasteiger partial charge < -0.3 is 9.73 Å². The quantitative estimate of drug-likeness (QED) is 0.705. The average molecular weight is 384 g/mol. The molecule has 0 aliphatic carbocycles. The monoisotopic (exact) mass is 384 g/mol. The lowest BCUT2D eigenvalue weighted by Gasteiger charge is -2.26. The van der Waals surface area contributed by atoms with E-state index in [9.17, 15) is 14.4 Å². The van der Waals surface area contributed by atoms with Crippen LogP contribution in [0, 0.1) is 5.92 Å². The van der Waals surface area contributed by atoms with Gasteiger partial charge in [-0.2, -0.15) is 0 Å². The predicted molar refractivity (Wildman–Crippen MR) is 109 cm³/mol. The van der Waals surface area contributed by atoms with Gasteiger partial charge in [0.2, 0.25) is 11.8 Å². The second-order valence-corrected chi connectivity index (χ2v) is 7.43. The molecule has 2 amide bonds. The van der Waals surface area contributed by atoms with Gasteiger partial charge in [0.25, 0.3) is 0 Å². The molecule has 1 aromatic heterocycles. The molecule has 6 heteroatoms. The first-order valence-electron chi connectivity index (χ1n) is 10.2. The highest BCUT2D eigenvalue weighted by molar-refractivity contribution is 6.08. The van der Waals surface area contributed by atoms with Gasteiger partial charge in [0.15, 0.2) is 0 Å². The first-order valence-corrected chi connectivity index (χ1v) is 10.2. The number of amides is 2. The van der Waals surface area contributed by atoms with Gasteiger partial charge in [-0.15, -0.1) is 0 Å². The Hall–Kier alpha value is -2.63. The van der Waals surface area contributed by atoms with E-state index in [0.29, 0.717) is 42.0 Å². The van der Waals surface area contributed by atoms with E-state index in [1.165, 1.54) is 11.0 Å². The number of hydrogen-bond acceptors (Lipinski definition) is 4. The van der Waals surface area contributed by atoms with Crippen LogP contribution in [0.3, 0.4) is 0 Å². The van der Waals surface area contributed by atoms with Crippen molar-refractivity contribution in [2.75, 3.05) is 11.4 Å². The maximum atomic E-state index is 12.9. The van der Waals surface area contributed by atoms with Crippen molar-refractivity contribution in [1.29, 1.82) is 0 Å². The molecule has 2 atom stereocenters. The summed E-state index contributed by atoms with van der Waals surface area (Å²) in [6.07, 6.45) is 5.13. The molecule has 1 aromatic carbocycles. The third-order valence-corrected chi connectivity index (χ3v) is 5.51. The van der Waals surface area contributed by atoms with Crippen molar-refractivity contribution in [1.82, 2.24) is 5.32 Å². The molecule has 1 N–H and O–H groups in total. The summed E-state index contributed by atoms with van der Waals surface area (Å²) >= 11 is 0. The van der Waals surface area contributed by atoms with Gasteiger partial charge in [-0.05, 0) is 30.9 Å². The summed E-state index contributed by atoms with van der Waals surface area (Å²) in [7, 11) is 0. The Morgan fingerprint density at radius 2 is 2.07 bits per heavy atom. The van der Waals surface area contributed by atoms with Gasteiger partial charge in [0.1, 0.15) is 11.6 Å². The summed E-state index contributed by atoms with van der Waals surface area (Å²) in [5.41, 5.74) is 0.333. The fourth-order valence-corrected chi connectivity index (χ4v) is 3.83. The van der Waals surface area contributed by atoms with Crippen molar-refractivity contribution in [2.45, 2.75) is 58.4 Å². The number of para-hydroxylation sites is 1. The van der Waals surface area contributed by atoms with Crippen LogP contribution in [0.1, 0.15) is 52.4 Å². The van der Waals surface area contributed by atoms with Crippen LogP contribution >= 0.6 is 0 Å². The van der Waals surface area contributed by atoms with E-state index in [1.807, 2.05) is 6.07 Å². The second-order valence-electron chi connectivity index (χ2n) is 7.43. The van der Waals surface area contributed by atoms with Crippen LogP contribution in [0.25, 0.3) is 11.0 Å². The largest absolute Gasteiger partial charge is 0.423 e. The first-order chi connectivity index (χ1) is 13.5. The summed E-state index contributed by atoms with van der Waals surface area (Å²) < 4.78 is 5.23. The highest BCUT2D eigenvalue weighted by atomic mass is 16.4. The normalized spacial score (nSPS) is 17.9. The van der Waals surface area contributed by atoms with Crippen molar-refractivity contribution in [2.24, 2.45) is 5.92 Å². The highest BCUT2D eigenvalue weighted by Gasteiger charge is 2.38. The number of benzene rings is 1. The lowest BCUT2D eigenvalue weighted by atomic mass is 9.99. The molecular weight excluding hydrogens is 356 g/mol. The molecule has 6 nitrogen and oxygen atoms in total. The summed E-state index contributed by atoms with van der Waals surface area (Å²) in [6, 6.07) is 7.79.